The molecule has 6 heteroatoms. The SMILES string of the molecule is CC(C)OP(=O)(O)OC[C@@H]1CC[C@H](C)O1. The van der Waals surface area contributed by atoms with E-state index in [1.807, 2.05) is 6.92 Å². The van der Waals surface area contributed by atoms with E-state index in [2.05, 4.69) is 0 Å². The van der Waals surface area contributed by atoms with Gasteiger partial charge in [0.1, 0.15) is 0 Å². The fourth-order valence-electron chi connectivity index (χ4n) is 1.48. The zero-order chi connectivity index (χ0) is 11.5. The third kappa shape index (κ3) is 5.09. The van der Waals surface area contributed by atoms with Gasteiger partial charge in [-0.05, 0) is 33.6 Å². The quantitative estimate of drug-likeness (QED) is 0.743. The Kier molecular flexibility index (Phi) is 4.74. The summed E-state index contributed by atoms with van der Waals surface area (Å²) in [6, 6.07) is 0. The molecule has 15 heavy (non-hydrogen) atoms. The van der Waals surface area contributed by atoms with Crippen molar-refractivity contribution in [3.05, 3.63) is 0 Å². The lowest BCUT2D eigenvalue weighted by Gasteiger charge is -2.17. The molecule has 0 aromatic carbocycles. The van der Waals surface area contributed by atoms with Crippen LogP contribution in [0.4, 0.5) is 0 Å². The summed E-state index contributed by atoms with van der Waals surface area (Å²) in [6.45, 7) is 5.45. The molecule has 0 aromatic rings. The van der Waals surface area contributed by atoms with E-state index in [0.29, 0.717) is 0 Å². The zero-order valence-electron chi connectivity index (χ0n) is 9.38. The second-order valence-electron chi connectivity index (χ2n) is 4.06. The number of ether oxygens (including phenoxy) is 1. The molecule has 0 spiro atoms. The lowest BCUT2D eigenvalue weighted by atomic mass is 10.2. The Labute approximate surface area is 90.3 Å². The average molecular weight is 238 g/mol. The molecule has 0 radical (unpaired) electrons. The van der Waals surface area contributed by atoms with E-state index in [-0.39, 0.29) is 24.9 Å². The lowest BCUT2D eigenvalue weighted by molar-refractivity contribution is 0.0123. The molecular formula is C9H19O5P. The van der Waals surface area contributed by atoms with Crippen LogP contribution in [0, 0.1) is 0 Å². The summed E-state index contributed by atoms with van der Waals surface area (Å²) in [4.78, 5) is 9.27. The molecule has 1 aliphatic heterocycles. The minimum Gasteiger partial charge on any atom is -0.373 e. The minimum absolute atomic E-state index is 0.0868. The number of phosphoric acid groups is 1. The monoisotopic (exact) mass is 238 g/mol. The van der Waals surface area contributed by atoms with Crippen molar-refractivity contribution in [2.45, 2.75) is 51.9 Å². The molecule has 3 atom stereocenters. The predicted molar refractivity (Wildman–Crippen MR) is 55.6 cm³/mol. The smallest absolute Gasteiger partial charge is 0.373 e. The van der Waals surface area contributed by atoms with Crippen molar-refractivity contribution in [1.29, 1.82) is 0 Å². The molecule has 1 heterocycles. The molecule has 90 valence electrons. The van der Waals surface area contributed by atoms with Crippen molar-refractivity contribution in [2.24, 2.45) is 0 Å². The molecule has 5 nitrogen and oxygen atoms in total. The van der Waals surface area contributed by atoms with Gasteiger partial charge in [-0.3, -0.25) is 9.05 Å². The lowest BCUT2D eigenvalue weighted by Crippen LogP contribution is -2.16. The highest BCUT2D eigenvalue weighted by Crippen LogP contribution is 2.45. The van der Waals surface area contributed by atoms with Crippen LogP contribution in [0.15, 0.2) is 0 Å². The molecule has 0 aromatic heterocycles. The predicted octanol–water partition coefficient (Wildman–Crippen LogP) is 2.10. The molecule has 1 rings (SSSR count). The molecule has 0 aliphatic carbocycles. The number of hydrogen-bond donors (Lipinski definition) is 1. The first-order chi connectivity index (χ1) is 6.89. The molecule has 1 fully saturated rings. The van der Waals surface area contributed by atoms with Crippen LogP contribution in [0.25, 0.3) is 0 Å². The molecule has 1 saturated heterocycles. The van der Waals surface area contributed by atoms with Crippen molar-refractivity contribution < 1.29 is 23.2 Å². The first-order valence-electron chi connectivity index (χ1n) is 5.20. The molecule has 0 saturated carbocycles. The number of hydrogen-bond acceptors (Lipinski definition) is 4. The highest BCUT2D eigenvalue weighted by molar-refractivity contribution is 7.47. The third-order valence-corrected chi connectivity index (χ3v) is 3.25. The van der Waals surface area contributed by atoms with E-state index in [4.69, 9.17) is 13.8 Å². The highest BCUT2D eigenvalue weighted by Gasteiger charge is 2.28. The van der Waals surface area contributed by atoms with E-state index >= 15 is 0 Å². The van der Waals surface area contributed by atoms with Gasteiger partial charge in [-0.2, -0.15) is 0 Å². The van der Waals surface area contributed by atoms with Crippen LogP contribution < -0.4 is 0 Å². The first kappa shape index (κ1) is 13.1. The molecular weight excluding hydrogens is 219 g/mol. The van der Waals surface area contributed by atoms with Gasteiger partial charge >= 0.3 is 7.82 Å². The fraction of sp³-hybridized carbons (Fsp3) is 1.00. The van der Waals surface area contributed by atoms with Gasteiger partial charge in [0.25, 0.3) is 0 Å². The molecule has 0 bridgehead atoms. The highest BCUT2D eigenvalue weighted by atomic mass is 31.2. The molecule has 0 amide bonds. The molecule has 1 N–H and O–H groups in total. The van der Waals surface area contributed by atoms with E-state index in [1.165, 1.54) is 0 Å². The van der Waals surface area contributed by atoms with Crippen LogP contribution in [-0.4, -0.2) is 29.8 Å². The molecule has 1 unspecified atom stereocenters. The topological polar surface area (TPSA) is 65.0 Å². The van der Waals surface area contributed by atoms with Crippen LogP contribution in [0.5, 0.6) is 0 Å². The maximum atomic E-state index is 11.3. The van der Waals surface area contributed by atoms with Crippen molar-refractivity contribution in [3.63, 3.8) is 0 Å². The van der Waals surface area contributed by atoms with E-state index in [1.54, 1.807) is 13.8 Å². The Hall–Kier alpha value is 0.0700. The van der Waals surface area contributed by atoms with Gasteiger partial charge in [0.15, 0.2) is 0 Å². The van der Waals surface area contributed by atoms with Gasteiger partial charge in [-0.1, -0.05) is 0 Å². The van der Waals surface area contributed by atoms with Crippen molar-refractivity contribution >= 4 is 7.82 Å². The largest absolute Gasteiger partial charge is 0.472 e. The summed E-state index contributed by atoms with van der Waals surface area (Å²) < 4.78 is 26.4. The number of rotatable bonds is 5. The maximum Gasteiger partial charge on any atom is 0.472 e. The summed E-state index contributed by atoms with van der Waals surface area (Å²) in [7, 11) is -3.90. The van der Waals surface area contributed by atoms with Gasteiger partial charge in [-0.15, -0.1) is 0 Å². The van der Waals surface area contributed by atoms with Gasteiger partial charge in [-0.25, -0.2) is 4.57 Å². The summed E-state index contributed by atoms with van der Waals surface area (Å²) in [5, 5.41) is 0. The van der Waals surface area contributed by atoms with Gasteiger partial charge in [0, 0.05) is 0 Å². The van der Waals surface area contributed by atoms with Crippen molar-refractivity contribution in [3.8, 4) is 0 Å². The normalized spacial score (nSPS) is 30.7. The van der Waals surface area contributed by atoms with Gasteiger partial charge < -0.3 is 9.63 Å². The summed E-state index contributed by atoms with van der Waals surface area (Å²) >= 11 is 0. The summed E-state index contributed by atoms with van der Waals surface area (Å²) in [5.74, 6) is 0. The Balaban J connectivity index is 2.27. The Morgan fingerprint density at radius 2 is 2.20 bits per heavy atom. The van der Waals surface area contributed by atoms with Crippen LogP contribution in [-0.2, 0) is 18.3 Å². The van der Waals surface area contributed by atoms with E-state index in [0.717, 1.165) is 12.8 Å². The molecule has 1 aliphatic rings. The van der Waals surface area contributed by atoms with E-state index < -0.39 is 7.82 Å². The Bertz CT molecular complexity index is 243. The van der Waals surface area contributed by atoms with Crippen LogP contribution in [0.2, 0.25) is 0 Å². The van der Waals surface area contributed by atoms with Crippen molar-refractivity contribution in [1.82, 2.24) is 0 Å². The minimum atomic E-state index is -3.90. The van der Waals surface area contributed by atoms with Crippen LogP contribution in [0.1, 0.15) is 33.6 Å². The van der Waals surface area contributed by atoms with Crippen LogP contribution >= 0.6 is 7.82 Å². The fourth-order valence-corrected chi connectivity index (χ4v) is 2.43. The second-order valence-corrected chi connectivity index (χ2v) is 5.47. The van der Waals surface area contributed by atoms with Crippen molar-refractivity contribution in [2.75, 3.05) is 6.61 Å². The third-order valence-electron chi connectivity index (χ3n) is 2.09. The standard InChI is InChI=1S/C9H19O5P/c1-7(2)14-15(10,11)12-6-9-5-4-8(3)13-9/h7-9H,4-6H2,1-3H3,(H,10,11)/t8-,9-/m0/s1. The van der Waals surface area contributed by atoms with Crippen LogP contribution in [0.3, 0.4) is 0 Å². The second kappa shape index (κ2) is 5.41. The summed E-state index contributed by atoms with van der Waals surface area (Å²) in [6.07, 6.45) is 1.63. The van der Waals surface area contributed by atoms with Gasteiger partial charge in [0.05, 0.1) is 24.9 Å². The average Bonchev–Trinajstić information content (AvgIpc) is 2.46. The Morgan fingerprint density at radius 3 is 2.67 bits per heavy atom. The number of phosphoric ester groups is 1. The van der Waals surface area contributed by atoms with E-state index in [9.17, 15) is 9.46 Å². The van der Waals surface area contributed by atoms with Gasteiger partial charge in [0.2, 0.25) is 0 Å². The summed E-state index contributed by atoms with van der Waals surface area (Å²) in [5.41, 5.74) is 0. The first-order valence-corrected chi connectivity index (χ1v) is 6.70. The maximum absolute atomic E-state index is 11.3. The Morgan fingerprint density at radius 1 is 1.53 bits per heavy atom. The zero-order valence-corrected chi connectivity index (χ0v) is 10.3.